The van der Waals surface area contributed by atoms with Crippen LogP contribution in [0.3, 0.4) is 0 Å². The Hall–Kier alpha value is -3.19. The van der Waals surface area contributed by atoms with Crippen LogP contribution in [0.1, 0.15) is 6.92 Å². The van der Waals surface area contributed by atoms with Gasteiger partial charge in [-0.3, -0.25) is 10.1 Å². The highest BCUT2D eigenvalue weighted by molar-refractivity contribution is 5.92. The predicted molar refractivity (Wildman–Crippen MR) is 101 cm³/mol. The first-order valence-electron chi connectivity index (χ1n) is 8.50. The number of benzene rings is 1. The van der Waals surface area contributed by atoms with Crippen molar-refractivity contribution < 1.29 is 9.47 Å². The Kier molecular flexibility index (Phi) is 4.61. The molecule has 1 aromatic carbocycles. The number of nitrogens with one attached hydrogen (secondary N) is 2. The molecule has 0 fully saturated rings. The number of pyridine rings is 2. The summed E-state index contributed by atoms with van der Waals surface area (Å²) in [6.45, 7) is 3.67. The minimum Gasteiger partial charge on any atom is -0.475 e. The van der Waals surface area contributed by atoms with Crippen LogP contribution in [0.15, 0.2) is 48.8 Å². The zero-order valence-electron chi connectivity index (χ0n) is 14.4. The molecule has 4 aromatic rings. The molecule has 4 rings (SSSR count). The van der Waals surface area contributed by atoms with Crippen LogP contribution in [0.25, 0.3) is 21.8 Å². The Bertz CT molecular complexity index is 1030. The number of nitrogens with zero attached hydrogens (tertiary/aromatic N) is 3. The molecule has 0 amide bonds. The maximum atomic E-state index is 5.74. The summed E-state index contributed by atoms with van der Waals surface area (Å²) in [5.74, 6) is 1.31. The molecule has 0 saturated carbocycles. The Morgan fingerprint density at radius 3 is 2.96 bits per heavy atom. The van der Waals surface area contributed by atoms with E-state index in [1.807, 2.05) is 43.3 Å². The van der Waals surface area contributed by atoms with E-state index in [0.29, 0.717) is 31.5 Å². The van der Waals surface area contributed by atoms with Crippen molar-refractivity contribution in [1.82, 2.24) is 20.2 Å². The van der Waals surface area contributed by atoms with E-state index in [-0.39, 0.29) is 0 Å². The molecule has 0 aliphatic carbocycles. The Labute approximate surface area is 150 Å². The smallest absolute Gasteiger partial charge is 0.221 e. The van der Waals surface area contributed by atoms with E-state index in [2.05, 4.69) is 25.5 Å². The predicted octanol–water partition coefficient (Wildman–Crippen LogP) is 3.67. The summed E-state index contributed by atoms with van der Waals surface area (Å²) in [4.78, 5) is 8.69. The molecule has 0 atom stereocenters. The summed E-state index contributed by atoms with van der Waals surface area (Å²) in [6.07, 6.45) is 3.49. The Balaban J connectivity index is 1.58. The van der Waals surface area contributed by atoms with Gasteiger partial charge in [-0.05, 0) is 48.7 Å². The molecule has 0 saturated heterocycles. The summed E-state index contributed by atoms with van der Waals surface area (Å²) in [7, 11) is 0. The molecule has 3 aromatic heterocycles. The van der Waals surface area contributed by atoms with Gasteiger partial charge in [0.1, 0.15) is 12.1 Å². The average Bonchev–Trinajstić information content (AvgIpc) is 3.08. The second kappa shape index (κ2) is 7.37. The molecule has 26 heavy (non-hydrogen) atoms. The normalized spacial score (nSPS) is 11.1. The second-order valence-corrected chi connectivity index (χ2v) is 5.69. The Morgan fingerprint density at radius 2 is 2.04 bits per heavy atom. The molecular formula is C19H19N5O2. The molecular weight excluding hydrogens is 330 g/mol. The van der Waals surface area contributed by atoms with E-state index < -0.39 is 0 Å². The van der Waals surface area contributed by atoms with Crippen LogP contribution in [0.2, 0.25) is 0 Å². The van der Waals surface area contributed by atoms with Crippen molar-refractivity contribution >= 4 is 33.3 Å². The molecule has 7 heteroatoms. The molecule has 0 spiro atoms. The maximum Gasteiger partial charge on any atom is 0.221 e. The van der Waals surface area contributed by atoms with Crippen LogP contribution in [0.5, 0.6) is 5.88 Å². The fourth-order valence-electron chi connectivity index (χ4n) is 2.76. The Morgan fingerprint density at radius 1 is 1.08 bits per heavy atom. The molecule has 3 heterocycles. The molecule has 132 valence electrons. The van der Waals surface area contributed by atoms with E-state index >= 15 is 0 Å². The monoisotopic (exact) mass is 349 g/mol. The largest absolute Gasteiger partial charge is 0.475 e. The van der Waals surface area contributed by atoms with Crippen molar-refractivity contribution in [2.24, 2.45) is 0 Å². The van der Waals surface area contributed by atoms with Gasteiger partial charge in [-0.25, -0.2) is 4.98 Å². The van der Waals surface area contributed by atoms with E-state index in [4.69, 9.17) is 9.47 Å². The van der Waals surface area contributed by atoms with E-state index in [9.17, 15) is 0 Å². The highest BCUT2D eigenvalue weighted by Gasteiger charge is 2.08. The minimum absolute atomic E-state index is 0.477. The lowest BCUT2D eigenvalue weighted by molar-refractivity contribution is 0.109. The SMILES string of the molecule is CCOCCOc1nccc2cc(Nc3n[nH]c4cccnc34)ccc12. The van der Waals surface area contributed by atoms with E-state index in [1.165, 1.54) is 0 Å². The average molecular weight is 349 g/mol. The zero-order valence-corrected chi connectivity index (χ0v) is 14.4. The summed E-state index contributed by atoms with van der Waals surface area (Å²) >= 11 is 0. The summed E-state index contributed by atoms with van der Waals surface area (Å²) in [5, 5.41) is 12.6. The molecule has 2 N–H and O–H groups in total. The van der Waals surface area contributed by atoms with Crippen molar-refractivity contribution in [3.8, 4) is 5.88 Å². The van der Waals surface area contributed by atoms with Gasteiger partial charge in [0.05, 0.1) is 12.1 Å². The van der Waals surface area contributed by atoms with Gasteiger partial charge in [0.2, 0.25) is 5.88 Å². The highest BCUT2D eigenvalue weighted by Crippen LogP contribution is 2.28. The summed E-state index contributed by atoms with van der Waals surface area (Å²) in [5.41, 5.74) is 2.62. The number of fused-ring (bicyclic) bond motifs is 2. The number of aromatic nitrogens is 4. The van der Waals surface area contributed by atoms with Crippen LogP contribution in [0.4, 0.5) is 11.5 Å². The van der Waals surface area contributed by atoms with Crippen LogP contribution >= 0.6 is 0 Å². The molecule has 0 unspecified atom stereocenters. The van der Waals surface area contributed by atoms with Crippen LogP contribution in [0, 0.1) is 0 Å². The van der Waals surface area contributed by atoms with Crippen LogP contribution in [-0.4, -0.2) is 40.0 Å². The lowest BCUT2D eigenvalue weighted by Crippen LogP contribution is -2.07. The van der Waals surface area contributed by atoms with Gasteiger partial charge in [-0.1, -0.05) is 0 Å². The number of hydrogen-bond acceptors (Lipinski definition) is 6. The van der Waals surface area contributed by atoms with Gasteiger partial charge in [0.25, 0.3) is 0 Å². The third-order valence-corrected chi connectivity index (χ3v) is 3.98. The van der Waals surface area contributed by atoms with Crippen molar-refractivity contribution in [1.29, 1.82) is 0 Å². The van der Waals surface area contributed by atoms with Gasteiger partial charge >= 0.3 is 0 Å². The number of aromatic amines is 1. The number of rotatable bonds is 7. The maximum absolute atomic E-state index is 5.74. The first-order chi connectivity index (χ1) is 12.8. The topological polar surface area (TPSA) is 85.0 Å². The number of hydrogen-bond donors (Lipinski definition) is 2. The summed E-state index contributed by atoms with van der Waals surface area (Å²) in [6, 6.07) is 11.8. The van der Waals surface area contributed by atoms with Gasteiger partial charge in [-0.15, -0.1) is 0 Å². The molecule has 0 bridgehead atoms. The first kappa shape index (κ1) is 16.3. The third-order valence-electron chi connectivity index (χ3n) is 3.98. The lowest BCUT2D eigenvalue weighted by Gasteiger charge is -2.10. The van der Waals surface area contributed by atoms with E-state index in [0.717, 1.165) is 27.5 Å². The molecule has 0 aliphatic heterocycles. The van der Waals surface area contributed by atoms with Gasteiger partial charge in [-0.2, -0.15) is 5.10 Å². The van der Waals surface area contributed by atoms with Crippen molar-refractivity contribution in [2.75, 3.05) is 25.1 Å². The summed E-state index contributed by atoms with van der Waals surface area (Å²) < 4.78 is 11.0. The second-order valence-electron chi connectivity index (χ2n) is 5.69. The van der Waals surface area contributed by atoms with Crippen molar-refractivity contribution in [3.05, 3.63) is 48.8 Å². The van der Waals surface area contributed by atoms with E-state index in [1.54, 1.807) is 12.4 Å². The van der Waals surface area contributed by atoms with Crippen LogP contribution in [-0.2, 0) is 4.74 Å². The quantitative estimate of drug-likeness (QED) is 0.495. The number of anilines is 2. The number of H-pyrrole nitrogens is 1. The van der Waals surface area contributed by atoms with Crippen LogP contribution < -0.4 is 10.1 Å². The standard InChI is InChI=1S/C19H19N5O2/c1-2-25-10-11-26-19-15-6-5-14(12-13(15)7-9-21-19)22-18-17-16(23-24-18)4-3-8-20-17/h3-9,12H,2,10-11H2,1H3,(H2,22,23,24). The van der Waals surface area contributed by atoms with Crippen molar-refractivity contribution in [2.45, 2.75) is 6.92 Å². The highest BCUT2D eigenvalue weighted by atomic mass is 16.5. The van der Waals surface area contributed by atoms with Gasteiger partial charge in [0.15, 0.2) is 5.82 Å². The lowest BCUT2D eigenvalue weighted by atomic mass is 10.1. The molecule has 0 radical (unpaired) electrons. The zero-order chi connectivity index (χ0) is 17.8. The van der Waals surface area contributed by atoms with Crippen molar-refractivity contribution in [3.63, 3.8) is 0 Å². The van der Waals surface area contributed by atoms with Gasteiger partial charge in [0, 0.05) is 30.1 Å². The molecule has 7 nitrogen and oxygen atoms in total. The van der Waals surface area contributed by atoms with Gasteiger partial charge < -0.3 is 14.8 Å². The first-order valence-corrected chi connectivity index (χ1v) is 8.50. The minimum atomic E-state index is 0.477. The fourth-order valence-corrected chi connectivity index (χ4v) is 2.76. The molecule has 0 aliphatic rings. The number of ether oxygens (including phenoxy) is 2. The fraction of sp³-hybridized carbons (Fsp3) is 0.211. The third kappa shape index (κ3) is 3.29.